The molecule has 0 unspecified atom stereocenters. The molecule has 1 fully saturated rings. The molecule has 1 saturated heterocycles. The van der Waals surface area contributed by atoms with Crippen LogP contribution in [0.25, 0.3) is 0 Å². The minimum absolute atomic E-state index is 0.0783. The number of hydrogen-bond donors (Lipinski definition) is 2. The highest BCUT2D eigenvalue weighted by Gasteiger charge is 2.20. The number of hydrogen-bond acceptors (Lipinski definition) is 4. The molecular weight excluding hydrogens is 376 g/mol. The van der Waals surface area contributed by atoms with Crippen molar-refractivity contribution in [3.05, 3.63) is 59.1 Å². The van der Waals surface area contributed by atoms with Gasteiger partial charge in [0.2, 0.25) is 10.0 Å². The third-order valence-corrected chi connectivity index (χ3v) is 5.84. The molecule has 0 aliphatic carbocycles. The second-order valence-electron chi connectivity index (χ2n) is 5.95. The molecule has 1 amide bonds. The summed E-state index contributed by atoms with van der Waals surface area (Å²) in [6.07, 6.45) is 1.72. The lowest BCUT2D eigenvalue weighted by Crippen LogP contribution is -2.31. The lowest BCUT2D eigenvalue weighted by molar-refractivity contribution is 0.102. The maximum absolute atomic E-state index is 12.3. The molecular formula is C18H19ClN2O4S. The second-order valence-corrected chi connectivity index (χ2v) is 8.12. The lowest BCUT2D eigenvalue weighted by atomic mass is 10.2. The van der Waals surface area contributed by atoms with Crippen molar-refractivity contribution in [2.45, 2.75) is 23.8 Å². The molecule has 3 rings (SSSR count). The van der Waals surface area contributed by atoms with E-state index in [0.29, 0.717) is 22.9 Å². The number of carbonyl (C=O) groups is 1. The van der Waals surface area contributed by atoms with E-state index in [9.17, 15) is 13.2 Å². The van der Waals surface area contributed by atoms with Crippen molar-refractivity contribution >= 4 is 33.2 Å². The molecule has 1 aliphatic heterocycles. The minimum atomic E-state index is -3.64. The first-order chi connectivity index (χ1) is 12.5. The van der Waals surface area contributed by atoms with Crippen LogP contribution in [0.1, 0.15) is 23.2 Å². The van der Waals surface area contributed by atoms with Gasteiger partial charge in [-0.05, 0) is 49.2 Å². The summed E-state index contributed by atoms with van der Waals surface area (Å²) in [7, 11) is -3.64. The number of amides is 1. The molecule has 1 heterocycles. The van der Waals surface area contributed by atoms with Gasteiger partial charge in [0.1, 0.15) is 0 Å². The van der Waals surface area contributed by atoms with E-state index in [1.165, 1.54) is 24.3 Å². The standard InChI is InChI=1S/C18H19ClN2O4S/c19-16-5-1-2-6-17(16)21-18(22)13-7-9-15(10-8-13)26(23,24)20-12-14-4-3-11-25-14/h1-2,5-10,14,20H,3-4,11-12H2,(H,21,22)/t14-/m0/s1. The number of nitrogens with one attached hydrogen (secondary N) is 2. The van der Waals surface area contributed by atoms with Crippen LogP contribution in [0.2, 0.25) is 5.02 Å². The van der Waals surface area contributed by atoms with Crippen molar-refractivity contribution in [3.63, 3.8) is 0 Å². The van der Waals surface area contributed by atoms with Crippen molar-refractivity contribution in [1.29, 1.82) is 0 Å². The van der Waals surface area contributed by atoms with E-state index in [2.05, 4.69) is 10.0 Å². The molecule has 0 bridgehead atoms. The Morgan fingerprint density at radius 1 is 1.15 bits per heavy atom. The average Bonchev–Trinajstić information content (AvgIpc) is 3.16. The van der Waals surface area contributed by atoms with E-state index in [-0.39, 0.29) is 23.5 Å². The Morgan fingerprint density at radius 2 is 1.88 bits per heavy atom. The van der Waals surface area contributed by atoms with Crippen LogP contribution in [0.5, 0.6) is 0 Å². The number of sulfonamides is 1. The summed E-state index contributed by atoms with van der Waals surface area (Å²) in [5, 5.41) is 3.12. The number of rotatable bonds is 6. The molecule has 138 valence electrons. The van der Waals surface area contributed by atoms with Gasteiger partial charge >= 0.3 is 0 Å². The van der Waals surface area contributed by atoms with Gasteiger partial charge in [-0.25, -0.2) is 13.1 Å². The summed E-state index contributed by atoms with van der Waals surface area (Å²) in [6.45, 7) is 0.915. The largest absolute Gasteiger partial charge is 0.377 e. The number of para-hydroxylation sites is 1. The van der Waals surface area contributed by atoms with Crippen LogP contribution in [-0.2, 0) is 14.8 Å². The highest BCUT2D eigenvalue weighted by Crippen LogP contribution is 2.21. The molecule has 1 aliphatic rings. The fraction of sp³-hybridized carbons (Fsp3) is 0.278. The third-order valence-electron chi connectivity index (χ3n) is 4.07. The zero-order valence-electron chi connectivity index (χ0n) is 13.9. The normalized spacial score (nSPS) is 17.2. The SMILES string of the molecule is O=C(Nc1ccccc1Cl)c1ccc(S(=O)(=O)NC[C@@H]2CCCO2)cc1. The zero-order valence-corrected chi connectivity index (χ0v) is 15.5. The second kappa shape index (κ2) is 8.18. The Morgan fingerprint density at radius 3 is 2.54 bits per heavy atom. The molecule has 2 aromatic carbocycles. The highest BCUT2D eigenvalue weighted by molar-refractivity contribution is 7.89. The van der Waals surface area contributed by atoms with E-state index < -0.39 is 10.0 Å². The molecule has 2 N–H and O–H groups in total. The highest BCUT2D eigenvalue weighted by atomic mass is 35.5. The monoisotopic (exact) mass is 394 g/mol. The van der Waals surface area contributed by atoms with Gasteiger partial charge in [-0.15, -0.1) is 0 Å². The van der Waals surface area contributed by atoms with Gasteiger partial charge in [0.25, 0.3) is 5.91 Å². The molecule has 0 radical (unpaired) electrons. The summed E-state index contributed by atoms with van der Waals surface area (Å²) in [4.78, 5) is 12.4. The number of halogens is 1. The predicted molar refractivity (Wildman–Crippen MR) is 100 cm³/mol. The average molecular weight is 395 g/mol. The Labute approximate surface area is 157 Å². The van der Waals surface area contributed by atoms with Gasteiger partial charge in [-0.1, -0.05) is 23.7 Å². The van der Waals surface area contributed by atoms with E-state index in [4.69, 9.17) is 16.3 Å². The van der Waals surface area contributed by atoms with E-state index >= 15 is 0 Å². The first-order valence-corrected chi connectivity index (χ1v) is 10.1. The number of ether oxygens (including phenoxy) is 1. The van der Waals surface area contributed by atoms with Crippen molar-refractivity contribution in [1.82, 2.24) is 4.72 Å². The van der Waals surface area contributed by atoms with Crippen molar-refractivity contribution < 1.29 is 17.9 Å². The number of anilines is 1. The molecule has 8 heteroatoms. The van der Waals surface area contributed by atoms with Crippen LogP contribution in [0, 0.1) is 0 Å². The first-order valence-electron chi connectivity index (χ1n) is 8.23. The molecule has 0 aromatic heterocycles. The van der Waals surface area contributed by atoms with Crippen LogP contribution >= 0.6 is 11.6 Å². The Kier molecular flexibility index (Phi) is 5.93. The van der Waals surface area contributed by atoms with Crippen LogP contribution in [0.3, 0.4) is 0 Å². The van der Waals surface area contributed by atoms with Gasteiger partial charge in [0, 0.05) is 18.7 Å². The summed E-state index contributed by atoms with van der Waals surface area (Å²) >= 11 is 6.02. The van der Waals surface area contributed by atoms with Gasteiger partial charge in [0.05, 0.1) is 21.7 Å². The quantitative estimate of drug-likeness (QED) is 0.788. The lowest BCUT2D eigenvalue weighted by Gasteiger charge is -2.12. The fourth-order valence-electron chi connectivity index (χ4n) is 2.63. The van der Waals surface area contributed by atoms with E-state index in [1.54, 1.807) is 24.3 Å². The van der Waals surface area contributed by atoms with Crippen molar-refractivity contribution in [2.24, 2.45) is 0 Å². The molecule has 2 aromatic rings. The molecule has 1 atom stereocenters. The Balaban J connectivity index is 1.65. The van der Waals surface area contributed by atoms with E-state index in [1.807, 2.05) is 0 Å². The molecule has 0 spiro atoms. The van der Waals surface area contributed by atoms with Crippen LogP contribution in [-0.4, -0.2) is 33.6 Å². The Hall–Kier alpha value is -1.93. The fourth-order valence-corrected chi connectivity index (χ4v) is 3.88. The Bertz CT molecular complexity index is 878. The summed E-state index contributed by atoms with van der Waals surface area (Å²) in [5.41, 5.74) is 0.831. The van der Waals surface area contributed by atoms with Crippen molar-refractivity contribution in [3.8, 4) is 0 Å². The van der Waals surface area contributed by atoms with Crippen LogP contribution < -0.4 is 10.0 Å². The predicted octanol–water partition coefficient (Wildman–Crippen LogP) is 3.05. The summed E-state index contributed by atoms with van der Waals surface area (Å²) in [6, 6.07) is 12.6. The third kappa shape index (κ3) is 4.62. The van der Waals surface area contributed by atoms with Crippen LogP contribution in [0.4, 0.5) is 5.69 Å². The zero-order chi connectivity index (χ0) is 18.6. The van der Waals surface area contributed by atoms with Gasteiger partial charge in [-0.3, -0.25) is 4.79 Å². The molecule has 26 heavy (non-hydrogen) atoms. The van der Waals surface area contributed by atoms with Gasteiger partial charge in [-0.2, -0.15) is 0 Å². The van der Waals surface area contributed by atoms with E-state index in [0.717, 1.165) is 12.8 Å². The summed E-state index contributed by atoms with van der Waals surface area (Å²) < 4.78 is 32.6. The number of carbonyl (C=O) groups excluding carboxylic acids is 1. The first kappa shape index (κ1) is 18.8. The smallest absolute Gasteiger partial charge is 0.255 e. The van der Waals surface area contributed by atoms with Gasteiger partial charge < -0.3 is 10.1 Å². The molecule has 0 saturated carbocycles. The topological polar surface area (TPSA) is 84.5 Å². The maximum atomic E-state index is 12.3. The maximum Gasteiger partial charge on any atom is 0.255 e. The molecule has 6 nitrogen and oxygen atoms in total. The minimum Gasteiger partial charge on any atom is -0.377 e. The van der Waals surface area contributed by atoms with Crippen LogP contribution in [0.15, 0.2) is 53.4 Å². The van der Waals surface area contributed by atoms with Crippen molar-refractivity contribution in [2.75, 3.05) is 18.5 Å². The van der Waals surface area contributed by atoms with Gasteiger partial charge in [0.15, 0.2) is 0 Å². The number of benzene rings is 2. The summed E-state index contributed by atoms with van der Waals surface area (Å²) in [5.74, 6) is -0.366.